The molecule has 1 heterocycles. The first-order chi connectivity index (χ1) is 8.56. The molecule has 0 saturated carbocycles. The first kappa shape index (κ1) is 12.5. The van der Waals surface area contributed by atoms with E-state index < -0.39 is 11.8 Å². The number of hydrogen-bond acceptors (Lipinski definition) is 2. The van der Waals surface area contributed by atoms with Gasteiger partial charge in [-0.3, -0.25) is 9.78 Å². The van der Waals surface area contributed by atoms with Gasteiger partial charge in [-0.25, -0.2) is 4.39 Å². The molecule has 3 nitrogen and oxygen atoms in total. The minimum atomic E-state index is -0.915. The summed E-state index contributed by atoms with van der Waals surface area (Å²) < 4.78 is 13.3. The van der Waals surface area contributed by atoms with E-state index in [0.717, 1.165) is 0 Å². The number of aromatic nitrogens is 1. The Kier molecular flexibility index (Phi) is 3.58. The highest BCUT2D eigenvalue weighted by atomic mass is 35.5. The van der Waals surface area contributed by atoms with Gasteiger partial charge < -0.3 is 5.11 Å². The van der Waals surface area contributed by atoms with Crippen LogP contribution in [0, 0.1) is 5.82 Å². The van der Waals surface area contributed by atoms with Gasteiger partial charge in [-0.15, -0.1) is 0 Å². The van der Waals surface area contributed by atoms with Crippen LogP contribution in [-0.4, -0.2) is 16.1 Å². The molecule has 18 heavy (non-hydrogen) atoms. The summed E-state index contributed by atoms with van der Waals surface area (Å²) in [7, 11) is 0. The van der Waals surface area contributed by atoms with Gasteiger partial charge >= 0.3 is 5.97 Å². The van der Waals surface area contributed by atoms with Gasteiger partial charge in [0.15, 0.2) is 0 Å². The van der Waals surface area contributed by atoms with Gasteiger partial charge in [0.2, 0.25) is 0 Å². The molecular formula is C13H9ClFNO2. The van der Waals surface area contributed by atoms with Gasteiger partial charge in [0.05, 0.1) is 17.1 Å². The van der Waals surface area contributed by atoms with Gasteiger partial charge in [0.25, 0.3) is 0 Å². The summed E-state index contributed by atoms with van der Waals surface area (Å²) >= 11 is 5.59. The number of pyridine rings is 1. The lowest BCUT2D eigenvalue weighted by Gasteiger charge is -2.03. The molecule has 0 radical (unpaired) electrons. The molecule has 5 heteroatoms. The van der Waals surface area contributed by atoms with Crippen molar-refractivity contribution in [2.75, 3.05) is 0 Å². The van der Waals surface area contributed by atoms with Gasteiger partial charge in [0, 0.05) is 11.8 Å². The van der Waals surface area contributed by atoms with E-state index in [1.807, 2.05) is 0 Å². The number of hydrogen-bond donors (Lipinski definition) is 1. The molecule has 0 atom stereocenters. The van der Waals surface area contributed by atoms with E-state index in [9.17, 15) is 9.18 Å². The van der Waals surface area contributed by atoms with Crippen LogP contribution in [0.4, 0.5) is 4.39 Å². The topological polar surface area (TPSA) is 50.2 Å². The van der Waals surface area contributed by atoms with Crippen molar-refractivity contribution in [3.05, 3.63) is 52.9 Å². The number of carboxylic acids is 1. The highest BCUT2D eigenvalue weighted by molar-refractivity contribution is 6.30. The smallest absolute Gasteiger partial charge is 0.307 e. The summed E-state index contributed by atoms with van der Waals surface area (Å²) in [4.78, 5) is 14.6. The first-order valence-electron chi connectivity index (χ1n) is 5.18. The summed E-state index contributed by atoms with van der Waals surface area (Å²) in [6.07, 6.45) is 1.39. The molecule has 0 aliphatic rings. The lowest BCUT2D eigenvalue weighted by molar-refractivity contribution is -0.136. The van der Waals surface area contributed by atoms with Crippen molar-refractivity contribution < 1.29 is 14.3 Å². The van der Waals surface area contributed by atoms with Crippen LogP contribution >= 0.6 is 11.6 Å². The van der Waals surface area contributed by atoms with E-state index in [1.165, 1.54) is 18.3 Å². The molecule has 0 bridgehead atoms. The van der Waals surface area contributed by atoms with Crippen molar-refractivity contribution >= 4 is 17.6 Å². The standard InChI is InChI=1S/C13H9ClFNO2/c14-10-3-2-9(6-11(10)15)12-4-1-8(7-16-12)5-13(17)18/h1-4,6-7H,5H2,(H,17,18). The second-order valence-electron chi connectivity index (χ2n) is 3.75. The fourth-order valence-corrected chi connectivity index (χ4v) is 1.65. The van der Waals surface area contributed by atoms with E-state index in [2.05, 4.69) is 4.98 Å². The Hall–Kier alpha value is -1.94. The number of aliphatic carboxylic acids is 1. The van der Waals surface area contributed by atoms with Gasteiger partial charge in [0.1, 0.15) is 5.82 Å². The van der Waals surface area contributed by atoms with E-state index in [0.29, 0.717) is 16.8 Å². The normalized spacial score (nSPS) is 10.3. The Morgan fingerprint density at radius 2 is 2.11 bits per heavy atom. The molecular weight excluding hydrogens is 257 g/mol. The number of halogens is 2. The molecule has 92 valence electrons. The lowest BCUT2D eigenvalue weighted by Crippen LogP contribution is -2.00. The summed E-state index contributed by atoms with van der Waals surface area (Å²) in [5.74, 6) is -1.42. The minimum absolute atomic E-state index is 0.0567. The molecule has 1 N–H and O–H groups in total. The maximum absolute atomic E-state index is 13.3. The average Bonchev–Trinajstić information content (AvgIpc) is 2.33. The first-order valence-corrected chi connectivity index (χ1v) is 5.56. The molecule has 1 aromatic heterocycles. The van der Waals surface area contributed by atoms with Crippen molar-refractivity contribution in [1.29, 1.82) is 0 Å². The number of nitrogens with zero attached hydrogens (tertiary/aromatic N) is 1. The second kappa shape index (κ2) is 5.14. The zero-order valence-electron chi connectivity index (χ0n) is 9.23. The molecule has 0 spiro atoms. The van der Waals surface area contributed by atoms with E-state index in [-0.39, 0.29) is 11.4 Å². The highest BCUT2D eigenvalue weighted by Crippen LogP contribution is 2.22. The zero-order chi connectivity index (χ0) is 13.1. The Bertz CT molecular complexity index is 584. The molecule has 0 aliphatic heterocycles. The molecule has 1 aromatic carbocycles. The van der Waals surface area contributed by atoms with Gasteiger partial charge in [-0.05, 0) is 23.8 Å². The fraction of sp³-hybridized carbons (Fsp3) is 0.0769. The fourth-order valence-electron chi connectivity index (χ4n) is 1.53. The quantitative estimate of drug-likeness (QED) is 0.927. The Labute approximate surface area is 108 Å². The molecule has 0 saturated heterocycles. The molecule has 0 aliphatic carbocycles. The SMILES string of the molecule is O=C(O)Cc1ccc(-c2ccc(Cl)c(F)c2)nc1. The monoisotopic (exact) mass is 265 g/mol. The van der Waals surface area contributed by atoms with Crippen LogP contribution in [0.15, 0.2) is 36.5 Å². The summed E-state index contributed by atoms with van der Waals surface area (Å²) in [6.45, 7) is 0. The van der Waals surface area contributed by atoms with Crippen LogP contribution in [0.25, 0.3) is 11.3 Å². The van der Waals surface area contributed by atoms with Crippen LogP contribution in [0.3, 0.4) is 0 Å². The highest BCUT2D eigenvalue weighted by Gasteiger charge is 2.05. The predicted octanol–water partition coefficient (Wildman–Crippen LogP) is 3.17. The Balaban J connectivity index is 2.28. The van der Waals surface area contributed by atoms with E-state index >= 15 is 0 Å². The van der Waals surface area contributed by atoms with Crippen molar-refractivity contribution in [1.82, 2.24) is 4.98 Å². The summed E-state index contributed by atoms with van der Waals surface area (Å²) in [6, 6.07) is 7.72. The lowest BCUT2D eigenvalue weighted by atomic mass is 10.1. The average molecular weight is 266 g/mol. The third-order valence-corrected chi connectivity index (χ3v) is 2.70. The van der Waals surface area contributed by atoms with Crippen LogP contribution in [0.2, 0.25) is 5.02 Å². The van der Waals surface area contributed by atoms with E-state index in [1.54, 1.807) is 18.2 Å². The van der Waals surface area contributed by atoms with Crippen molar-refractivity contribution in [3.63, 3.8) is 0 Å². The Morgan fingerprint density at radius 1 is 1.33 bits per heavy atom. The third-order valence-electron chi connectivity index (χ3n) is 2.40. The minimum Gasteiger partial charge on any atom is -0.481 e. The Morgan fingerprint density at radius 3 is 2.67 bits per heavy atom. The summed E-state index contributed by atoms with van der Waals surface area (Å²) in [5, 5.41) is 8.68. The second-order valence-corrected chi connectivity index (χ2v) is 4.16. The zero-order valence-corrected chi connectivity index (χ0v) is 9.99. The van der Waals surface area contributed by atoms with Gasteiger partial charge in [-0.2, -0.15) is 0 Å². The van der Waals surface area contributed by atoms with E-state index in [4.69, 9.17) is 16.7 Å². The number of rotatable bonds is 3. The number of carbonyl (C=O) groups is 1. The molecule has 0 fully saturated rings. The van der Waals surface area contributed by atoms with Crippen LogP contribution in [0.5, 0.6) is 0 Å². The summed E-state index contributed by atoms with van der Waals surface area (Å²) in [5.41, 5.74) is 1.76. The van der Waals surface area contributed by atoms with Crippen molar-refractivity contribution in [2.45, 2.75) is 6.42 Å². The largest absolute Gasteiger partial charge is 0.481 e. The van der Waals surface area contributed by atoms with Crippen molar-refractivity contribution in [3.8, 4) is 11.3 Å². The number of carboxylic acid groups (broad SMARTS) is 1. The van der Waals surface area contributed by atoms with Crippen molar-refractivity contribution in [2.24, 2.45) is 0 Å². The van der Waals surface area contributed by atoms with Crippen LogP contribution in [0.1, 0.15) is 5.56 Å². The maximum atomic E-state index is 13.3. The molecule has 2 aromatic rings. The van der Waals surface area contributed by atoms with Gasteiger partial charge in [-0.1, -0.05) is 23.7 Å². The predicted molar refractivity (Wildman–Crippen MR) is 66.0 cm³/mol. The molecule has 0 amide bonds. The number of benzene rings is 1. The van der Waals surface area contributed by atoms with Crippen LogP contribution < -0.4 is 0 Å². The molecule has 2 rings (SSSR count). The molecule has 0 unspecified atom stereocenters. The van der Waals surface area contributed by atoms with Crippen LogP contribution in [-0.2, 0) is 11.2 Å². The maximum Gasteiger partial charge on any atom is 0.307 e. The third kappa shape index (κ3) is 2.84.